The molecule has 0 radical (unpaired) electrons. The molecule has 1 aromatic heterocycles. The monoisotopic (exact) mass is 224 g/mol. The molecule has 1 fully saturated rings. The number of carboxylic acids is 1. The van der Waals surface area contributed by atoms with Gasteiger partial charge in [0.2, 0.25) is 0 Å². The lowest BCUT2D eigenvalue weighted by atomic mass is 9.92. The molecule has 0 amide bonds. The maximum atomic E-state index is 10.9. The molecule has 0 bridgehead atoms. The summed E-state index contributed by atoms with van der Waals surface area (Å²) < 4.78 is 1.66. The molecule has 0 spiro atoms. The van der Waals surface area contributed by atoms with Crippen LogP contribution in [0.15, 0.2) is 6.20 Å². The Bertz CT molecular complexity index is 400. The standard InChI is InChI=1S/C11H16N2O3/c1-7-8(11(15)16)6-12-13(7)9-4-2-3-5-10(9)14/h6,9-10,14H,2-5H2,1H3,(H,15,16). The number of carboxylic acid groups (broad SMARTS) is 1. The Morgan fingerprint density at radius 3 is 2.75 bits per heavy atom. The number of aliphatic hydroxyl groups is 1. The van der Waals surface area contributed by atoms with E-state index in [4.69, 9.17) is 5.11 Å². The summed E-state index contributed by atoms with van der Waals surface area (Å²) in [6.07, 6.45) is 4.68. The van der Waals surface area contributed by atoms with Gasteiger partial charge >= 0.3 is 5.97 Å². The normalized spacial score (nSPS) is 25.6. The number of aromatic nitrogens is 2. The Kier molecular flexibility index (Phi) is 2.96. The van der Waals surface area contributed by atoms with Gasteiger partial charge in [-0.3, -0.25) is 4.68 Å². The van der Waals surface area contributed by atoms with Gasteiger partial charge in [0.05, 0.1) is 24.0 Å². The van der Waals surface area contributed by atoms with Crippen molar-refractivity contribution in [2.24, 2.45) is 0 Å². The Balaban J connectivity index is 2.29. The molecule has 88 valence electrons. The highest BCUT2D eigenvalue weighted by Crippen LogP contribution is 2.29. The molecule has 0 aromatic carbocycles. The third kappa shape index (κ3) is 1.82. The second-order valence-electron chi connectivity index (χ2n) is 4.31. The topological polar surface area (TPSA) is 75.3 Å². The van der Waals surface area contributed by atoms with Gasteiger partial charge in [-0.1, -0.05) is 12.8 Å². The molecule has 5 heteroatoms. The Morgan fingerprint density at radius 2 is 2.19 bits per heavy atom. The molecule has 1 heterocycles. The molecule has 2 unspecified atom stereocenters. The Labute approximate surface area is 93.7 Å². The lowest BCUT2D eigenvalue weighted by molar-refractivity contribution is 0.0663. The van der Waals surface area contributed by atoms with Crippen LogP contribution in [-0.2, 0) is 0 Å². The lowest BCUT2D eigenvalue weighted by Crippen LogP contribution is -2.29. The van der Waals surface area contributed by atoms with Crippen LogP contribution in [0.5, 0.6) is 0 Å². The van der Waals surface area contributed by atoms with Gasteiger partial charge in [0.15, 0.2) is 0 Å². The van der Waals surface area contributed by atoms with Gasteiger partial charge in [0.25, 0.3) is 0 Å². The van der Waals surface area contributed by atoms with Gasteiger partial charge in [-0.15, -0.1) is 0 Å². The number of nitrogens with zero attached hydrogens (tertiary/aromatic N) is 2. The summed E-state index contributed by atoms with van der Waals surface area (Å²) in [6.45, 7) is 1.73. The van der Waals surface area contributed by atoms with Gasteiger partial charge in [-0.05, 0) is 19.8 Å². The molecule has 1 saturated carbocycles. The predicted molar refractivity (Wildman–Crippen MR) is 57.4 cm³/mol. The Morgan fingerprint density at radius 1 is 1.50 bits per heavy atom. The molecule has 0 aliphatic heterocycles. The highest BCUT2D eigenvalue weighted by atomic mass is 16.4. The molecule has 1 aromatic rings. The van der Waals surface area contributed by atoms with Crippen LogP contribution in [-0.4, -0.2) is 32.1 Å². The largest absolute Gasteiger partial charge is 0.478 e. The fourth-order valence-electron chi connectivity index (χ4n) is 2.34. The maximum absolute atomic E-state index is 10.9. The zero-order chi connectivity index (χ0) is 11.7. The second kappa shape index (κ2) is 4.25. The van der Waals surface area contributed by atoms with E-state index in [0.717, 1.165) is 25.7 Å². The van der Waals surface area contributed by atoms with Crippen molar-refractivity contribution in [3.8, 4) is 0 Å². The van der Waals surface area contributed by atoms with Crippen LogP contribution in [0.2, 0.25) is 0 Å². The molecule has 1 aliphatic carbocycles. The van der Waals surface area contributed by atoms with E-state index < -0.39 is 12.1 Å². The first-order valence-electron chi connectivity index (χ1n) is 5.56. The average molecular weight is 224 g/mol. The summed E-state index contributed by atoms with van der Waals surface area (Å²) in [5.41, 5.74) is 0.844. The minimum Gasteiger partial charge on any atom is -0.478 e. The van der Waals surface area contributed by atoms with E-state index in [1.165, 1.54) is 6.20 Å². The van der Waals surface area contributed by atoms with Crippen LogP contribution in [0, 0.1) is 6.92 Å². The van der Waals surface area contributed by atoms with Crippen molar-refractivity contribution in [2.45, 2.75) is 44.8 Å². The van der Waals surface area contributed by atoms with Crippen LogP contribution < -0.4 is 0 Å². The van der Waals surface area contributed by atoms with Crippen LogP contribution in [0.4, 0.5) is 0 Å². The van der Waals surface area contributed by atoms with Crippen molar-refractivity contribution in [1.82, 2.24) is 9.78 Å². The van der Waals surface area contributed by atoms with Gasteiger partial charge < -0.3 is 10.2 Å². The highest BCUT2D eigenvalue weighted by molar-refractivity contribution is 5.88. The maximum Gasteiger partial charge on any atom is 0.339 e. The summed E-state index contributed by atoms with van der Waals surface area (Å²) in [5, 5.41) is 22.9. The van der Waals surface area contributed by atoms with E-state index in [1.807, 2.05) is 0 Å². The number of hydrogen-bond acceptors (Lipinski definition) is 3. The minimum absolute atomic E-state index is 0.0677. The lowest BCUT2D eigenvalue weighted by Gasteiger charge is -2.28. The molecule has 16 heavy (non-hydrogen) atoms. The smallest absolute Gasteiger partial charge is 0.339 e. The number of aromatic carboxylic acids is 1. The van der Waals surface area contributed by atoms with E-state index in [9.17, 15) is 9.90 Å². The summed E-state index contributed by atoms with van der Waals surface area (Å²) in [4.78, 5) is 10.9. The van der Waals surface area contributed by atoms with Crippen molar-refractivity contribution >= 4 is 5.97 Å². The van der Waals surface area contributed by atoms with Crippen molar-refractivity contribution < 1.29 is 15.0 Å². The summed E-state index contributed by atoms with van der Waals surface area (Å²) >= 11 is 0. The van der Waals surface area contributed by atoms with Crippen molar-refractivity contribution in [3.63, 3.8) is 0 Å². The van der Waals surface area contributed by atoms with E-state index in [-0.39, 0.29) is 11.6 Å². The quantitative estimate of drug-likeness (QED) is 0.795. The van der Waals surface area contributed by atoms with Gasteiger partial charge in [0.1, 0.15) is 5.56 Å². The van der Waals surface area contributed by atoms with Crippen molar-refractivity contribution in [1.29, 1.82) is 0 Å². The van der Waals surface area contributed by atoms with Crippen LogP contribution in [0.25, 0.3) is 0 Å². The molecular weight excluding hydrogens is 208 g/mol. The molecule has 2 N–H and O–H groups in total. The van der Waals surface area contributed by atoms with E-state index in [0.29, 0.717) is 5.69 Å². The summed E-state index contributed by atoms with van der Waals surface area (Å²) in [7, 11) is 0. The zero-order valence-corrected chi connectivity index (χ0v) is 9.26. The fraction of sp³-hybridized carbons (Fsp3) is 0.636. The first-order valence-corrected chi connectivity index (χ1v) is 5.56. The first kappa shape index (κ1) is 11.1. The van der Waals surface area contributed by atoms with E-state index in [1.54, 1.807) is 11.6 Å². The Hall–Kier alpha value is -1.36. The molecular formula is C11H16N2O3. The van der Waals surface area contributed by atoms with Gasteiger partial charge in [0, 0.05) is 0 Å². The third-order valence-electron chi connectivity index (χ3n) is 3.28. The highest BCUT2D eigenvalue weighted by Gasteiger charge is 2.27. The molecule has 1 aliphatic rings. The number of carbonyl (C=O) groups is 1. The molecule has 5 nitrogen and oxygen atoms in total. The molecule has 2 rings (SSSR count). The van der Waals surface area contributed by atoms with E-state index >= 15 is 0 Å². The third-order valence-corrected chi connectivity index (χ3v) is 3.28. The molecule has 2 atom stereocenters. The first-order chi connectivity index (χ1) is 7.61. The number of hydrogen-bond donors (Lipinski definition) is 2. The van der Waals surface area contributed by atoms with Crippen LogP contribution >= 0.6 is 0 Å². The SMILES string of the molecule is Cc1c(C(=O)O)cnn1C1CCCCC1O. The van der Waals surface area contributed by atoms with Crippen LogP contribution in [0.1, 0.15) is 47.8 Å². The fourth-order valence-corrected chi connectivity index (χ4v) is 2.34. The van der Waals surface area contributed by atoms with Crippen molar-refractivity contribution in [3.05, 3.63) is 17.5 Å². The van der Waals surface area contributed by atoms with Gasteiger partial charge in [-0.25, -0.2) is 4.79 Å². The zero-order valence-electron chi connectivity index (χ0n) is 9.26. The minimum atomic E-state index is -0.964. The van der Waals surface area contributed by atoms with Crippen molar-refractivity contribution in [2.75, 3.05) is 0 Å². The average Bonchev–Trinajstić information content (AvgIpc) is 2.61. The summed E-state index contributed by atoms with van der Waals surface area (Å²) in [6, 6.07) is -0.0677. The van der Waals surface area contributed by atoms with Gasteiger partial charge in [-0.2, -0.15) is 5.10 Å². The van der Waals surface area contributed by atoms with Crippen LogP contribution in [0.3, 0.4) is 0 Å². The number of aliphatic hydroxyl groups excluding tert-OH is 1. The molecule has 0 saturated heterocycles. The number of rotatable bonds is 2. The van der Waals surface area contributed by atoms with E-state index in [2.05, 4.69) is 5.10 Å². The predicted octanol–water partition coefficient (Wildman–Crippen LogP) is 1.37. The summed E-state index contributed by atoms with van der Waals surface area (Å²) in [5.74, 6) is -0.964. The second-order valence-corrected chi connectivity index (χ2v) is 4.31.